The first-order valence-electron chi connectivity index (χ1n) is 10.8. The highest BCUT2D eigenvalue weighted by atomic mass is 32.1. The molecule has 1 N–H and O–H groups in total. The third-order valence-corrected chi connectivity index (χ3v) is 8.07. The van der Waals surface area contributed by atoms with Crippen LogP contribution in [0.4, 0.5) is 4.39 Å². The van der Waals surface area contributed by atoms with Crippen molar-refractivity contribution < 1.29 is 13.9 Å². The summed E-state index contributed by atoms with van der Waals surface area (Å²) in [6.45, 7) is 3.99. The Balaban J connectivity index is 1.30. The van der Waals surface area contributed by atoms with Crippen molar-refractivity contribution >= 4 is 11.3 Å². The van der Waals surface area contributed by atoms with Crippen molar-refractivity contribution in [2.75, 3.05) is 26.4 Å². The second-order valence-corrected chi connectivity index (χ2v) is 9.81. The van der Waals surface area contributed by atoms with Crippen LogP contribution in [-0.4, -0.2) is 37.0 Å². The Labute approximate surface area is 175 Å². The van der Waals surface area contributed by atoms with Crippen LogP contribution in [0.1, 0.15) is 53.8 Å². The first-order valence-corrected chi connectivity index (χ1v) is 11.7. The summed E-state index contributed by atoms with van der Waals surface area (Å²) < 4.78 is 25.4. The third kappa shape index (κ3) is 3.88. The third-order valence-electron chi connectivity index (χ3n) is 6.99. The van der Waals surface area contributed by atoms with Gasteiger partial charge >= 0.3 is 0 Å². The average molecular weight is 417 g/mol. The number of nitrogens with one attached hydrogen (secondary N) is 1. The van der Waals surface area contributed by atoms with E-state index < -0.39 is 0 Å². The van der Waals surface area contributed by atoms with E-state index >= 15 is 0 Å². The molecule has 0 saturated carbocycles. The standard InChI is InChI=1S/C23H29FN2O2S/c24-18-4-5-21(26-12-18)22(7-11-28-23(15-22)8-10-27-16-23)6-9-25-13-20-19-3-1-2-17(19)14-29-20/h4-5,12,14,25H,1-3,6-11,13,15-16H2. The van der Waals surface area contributed by atoms with Crippen molar-refractivity contribution in [3.63, 3.8) is 0 Å². The molecule has 4 nitrogen and oxygen atoms in total. The molecular weight excluding hydrogens is 387 g/mol. The van der Waals surface area contributed by atoms with Crippen LogP contribution in [0.15, 0.2) is 23.7 Å². The molecule has 156 valence electrons. The SMILES string of the molecule is Fc1ccc(C2(CCNCc3scc4c3CCC4)CCOC3(CCOC3)C2)nc1. The number of ether oxygens (including phenoxy) is 2. The lowest BCUT2D eigenvalue weighted by molar-refractivity contribution is -0.109. The summed E-state index contributed by atoms with van der Waals surface area (Å²) in [5.74, 6) is -0.278. The number of thiophene rings is 1. The van der Waals surface area contributed by atoms with E-state index in [0.717, 1.165) is 51.1 Å². The van der Waals surface area contributed by atoms with Gasteiger partial charge in [-0.05, 0) is 73.7 Å². The highest BCUT2D eigenvalue weighted by Gasteiger charge is 2.49. The van der Waals surface area contributed by atoms with E-state index in [4.69, 9.17) is 9.47 Å². The van der Waals surface area contributed by atoms with E-state index in [9.17, 15) is 4.39 Å². The van der Waals surface area contributed by atoms with Crippen LogP contribution in [0, 0.1) is 5.82 Å². The zero-order valence-electron chi connectivity index (χ0n) is 16.8. The Morgan fingerprint density at radius 1 is 1.21 bits per heavy atom. The molecule has 2 aliphatic heterocycles. The minimum Gasteiger partial charge on any atom is -0.378 e. The van der Waals surface area contributed by atoms with Gasteiger partial charge in [0.05, 0.1) is 18.4 Å². The Kier molecular flexibility index (Phi) is 5.45. The van der Waals surface area contributed by atoms with Gasteiger partial charge in [0.1, 0.15) is 5.82 Å². The molecule has 5 rings (SSSR count). The van der Waals surface area contributed by atoms with Crippen molar-refractivity contribution in [2.24, 2.45) is 0 Å². The summed E-state index contributed by atoms with van der Waals surface area (Å²) in [5.41, 5.74) is 3.84. The normalized spacial score (nSPS) is 28.9. The van der Waals surface area contributed by atoms with Crippen LogP contribution >= 0.6 is 11.3 Å². The first-order chi connectivity index (χ1) is 14.2. The summed E-state index contributed by atoms with van der Waals surface area (Å²) in [6, 6.07) is 3.41. The van der Waals surface area contributed by atoms with E-state index in [2.05, 4.69) is 15.7 Å². The maximum atomic E-state index is 13.5. The van der Waals surface area contributed by atoms with E-state index in [-0.39, 0.29) is 16.8 Å². The molecule has 1 spiro atoms. The van der Waals surface area contributed by atoms with Crippen molar-refractivity contribution in [2.45, 2.75) is 62.5 Å². The molecule has 6 heteroatoms. The fraction of sp³-hybridized carbons (Fsp3) is 0.609. The quantitative estimate of drug-likeness (QED) is 0.718. The Morgan fingerprint density at radius 3 is 3.00 bits per heavy atom. The highest BCUT2D eigenvalue weighted by Crippen LogP contribution is 2.46. The van der Waals surface area contributed by atoms with E-state index in [0.29, 0.717) is 13.2 Å². The number of hydrogen-bond acceptors (Lipinski definition) is 5. The Hall–Kier alpha value is -1.34. The molecule has 3 aliphatic rings. The molecule has 1 aliphatic carbocycles. The second-order valence-electron chi connectivity index (χ2n) is 8.85. The van der Waals surface area contributed by atoms with Crippen LogP contribution in [0.5, 0.6) is 0 Å². The largest absolute Gasteiger partial charge is 0.378 e. The smallest absolute Gasteiger partial charge is 0.141 e. The van der Waals surface area contributed by atoms with Crippen LogP contribution in [0.3, 0.4) is 0 Å². The fourth-order valence-electron chi connectivity index (χ4n) is 5.42. The number of pyridine rings is 1. The fourth-order valence-corrected chi connectivity index (χ4v) is 6.52. The molecule has 2 saturated heterocycles. The molecule has 2 unspecified atom stereocenters. The molecule has 0 aromatic carbocycles. The van der Waals surface area contributed by atoms with Crippen molar-refractivity contribution in [3.05, 3.63) is 51.2 Å². The van der Waals surface area contributed by atoms with Gasteiger partial charge in [0, 0.05) is 42.2 Å². The average Bonchev–Trinajstić information content (AvgIpc) is 3.45. The molecule has 0 amide bonds. The molecule has 2 atom stereocenters. The minimum absolute atomic E-state index is 0.0932. The van der Waals surface area contributed by atoms with Gasteiger partial charge in [0.25, 0.3) is 0 Å². The highest BCUT2D eigenvalue weighted by molar-refractivity contribution is 7.10. The molecule has 0 bridgehead atoms. The molecular formula is C23H29FN2O2S. The zero-order valence-corrected chi connectivity index (χ0v) is 17.7. The van der Waals surface area contributed by atoms with Gasteiger partial charge in [-0.1, -0.05) is 0 Å². The first kappa shape index (κ1) is 19.6. The van der Waals surface area contributed by atoms with Crippen LogP contribution in [-0.2, 0) is 34.3 Å². The predicted octanol–water partition coefficient (Wildman–Crippen LogP) is 4.16. The molecule has 4 heterocycles. The second kappa shape index (κ2) is 8.06. The number of aromatic nitrogens is 1. The maximum Gasteiger partial charge on any atom is 0.141 e. The molecule has 29 heavy (non-hydrogen) atoms. The summed E-state index contributed by atoms with van der Waals surface area (Å²) in [4.78, 5) is 6.01. The van der Waals surface area contributed by atoms with Gasteiger partial charge in [-0.15, -0.1) is 11.3 Å². The van der Waals surface area contributed by atoms with Gasteiger partial charge < -0.3 is 14.8 Å². The predicted molar refractivity (Wildman–Crippen MR) is 112 cm³/mol. The van der Waals surface area contributed by atoms with E-state index in [1.54, 1.807) is 17.2 Å². The lowest BCUT2D eigenvalue weighted by Crippen LogP contribution is -2.49. The minimum atomic E-state index is -0.278. The summed E-state index contributed by atoms with van der Waals surface area (Å²) in [7, 11) is 0. The van der Waals surface area contributed by atoms with Gasteiger partial charge in [-0.2, -0.15) is 0 Å². The van der Waals surface area contributed by atoms with Crippen molar-refractivity contribution in [1.82, 2.24) is 10.3 Å². The van der Waals surface area contributed by atoms with Gasteiger partial charge in [0.2, 0.25) is 0 Å². The Morgan fingerprint density at radius 2 is 2.17 bits per heavy atom. The van der Waals surface area contributed by atoms with E-state index in [1.165, 1.54) is 30.3 Å². The lowest BCUT2D eigenvalue weighted by atomic mass is 9.68. The van der Waals surface area contributed by atoms with Gasteiger partial charge in [-0.3, -0.25) is 4.98 Å². The molecule has 0 radical (unpaired) electrons. The summed E-state index contributed by atoms with van der Waals surface area (Å²) >= 11 is 1.90. The number of hydrogen-bond donors (Lipinski definition) is 1. The number of fused-ring (bicyclic) bond motifs is 1. The monoisotopic (exact) mass is 416 g/mol. The maximum absolute atomic E-state index is 13.5. The number of aryl methyl sites for hydroxylation is 1. The number of nitrogens with zero attached hydrogens (tertiary/aromatic N) is 1. The van der Waals surface area contributed by atoms with E-state index in [1.807, 2.05) is 17.4 Å². The van der Waals surface area contributed by atoms with Gasteiger partial charge in [-0.25, -0.2) is 4.39 Å². The van der Waals surface area contributed by atoms with Crippen molar-refractivity contribution in [3.8, 4) is 0 Å². The summed E-state index contributed by atoms with van der Waals surface area (Å²) in [6.07, 6.45) is 8.86. The molecule has 2 aromatic heterocycles. The zero-order chi connectivity index (χ0) is 19.7. The molecule has 2 fully saturated rings. The van der Waals surface area contributed by atoms with Crippen molar-refractivity contribution in [1.29, 1.82) is 0 Å². The molecule has 2 aromatic rings. The topological polar surface area (TPSA) is 43.4 Å². The van der Waals surface area contributed by atoms with Gasteiger partial charge in [0.15, 0.2) is 0 Å². The number of halogens is 1. The Bertz CT molecular complexity index is 847. The number of rotatable bonds is 6. The lowest BCUT2D eigenvalue weighted by Gasteiger charge is -2.45. The van der Waals surface area contributed by atoms with Crippen LogP contribution in [0.25, 0.3) is 0 Å². The van der Waals surface area contributed by atoms with Crippen LogP contribution in [0.2, 0.25) is 0 Å². The summed E-state index contributed by atoms with van der Waals surface area (Å²) in [5, 5.41) is 6.03. The van der Waals surface area contributed by atoms with Crippen LogP contribution < -0.4 is 5.32 Å².